The van der Waals surface area contributed by atoms with Crippen molar-refractivity contribution in [2.45, 2.75) is 31.4 Å². The average Bonchev–Trinajstić information content (AvgIpc) is 2.68. The molecule has 1 aromatic rings. The molecule has 3 unspecified atom stereocenters. The molecule has 2 fully saturated rings. The van der Waals surface area contributed by atoms with Crippen molar-refractivity contribution in [3.05, 3.63) is 24.3 Å². The van der Waals surface area contributed by atoms with Crippen LogP contribution in [-0.2, 0) is 4.79 Å². The summed E-state index contributed by atoms with van der Waals surface area (Å²) in [5.74, 6) is 1.02. The first-order valence-corrected chi connectivity index (χ1v) is 6.36. The van der Waals surface area contributed by atoms with E-state index >= 15 is 0 Å². The first-order valence-electron chi connectivity index (χ1n) is 6.36. The Labute approximate surface area is 106 Å². The number of methoxy groups -OCH3 is 1. The molecule has 4 nitrogen and oxygen atoms in total. The predicted molar refractivity (Wildman–Crippen MR) is 67.6 cm³/mol. The second-order valence-corrected chi connectivity index (χ2v) is 5.05. The number of hydrogen-bond acceptors (Lipinski definition) is 3. The van der Waals surface area contributed by atoms with Crippen molar-refractivity contribution in [2.75, 3.05) is 12.0 Å². The van der Waals surface area contributed by atoms with Crippen molar-refractivity contribution >= 4 is 11.6 Å². The standard InChI is InChI=1S/C14H17NO3/c1-18-11-5-3-10(4-6-11)15-12-8-9(14(15)17)2-7-13(12)16/h3-6,9,12-13,16H,2,7-8H2,1H3. The summed E-state index contributed by atoms with van der Waals surface area (Å²) in [7, 11) is 1.62. The largest absolute Gasteiger partial charge is 0.497 e. The molecule has 2 aliphatic rings. The Morgan fingerprint density at radius 2 is 2.00 bits per heavy atom. The van der Waals surface area contributed by atoms with Crippen molar-refractivity contribution in [1.29, 1.82) is 0 Å². The fourth-order valence-electron chi connectivity index (χ4n) is 3.05. The maximum atomic E-state index is 12.3. The summed E-state index contributed by atoms with van der Waals surface area (Å²) in [6.07, 6.45) is 1.93. The number of carbonyl (C=O) groups excluding carboxylic acids is 1. The minimum Gasteiger partial charge on any atom is -0.497 e. The van der Waals surface area contributed by atoms with Gasteiger partial charge in [-0.15, -0.1) is 0 Å². The van der Waals surface area contributed by atoms with Crippen LogP contribution in [0.4, 0.5) is 5.69 Å². The number of rotatable bonds is 2. The van der Waals surface area contributed by atoms with Gasteiger partial charge in [0.15, 0.2) is 0 Å². The molecule has 1 saturated heterocycles. The lowest BCUT2D eigenvalue weighted by Crippen LogP contribution is -2.40. The third-order valence-electron chi connectivity index (χ3n) is 4.05. The highest BCUT2D eigenvalue weighted by atomic mass is 16.5. The molecule has 96 valence electrons. The second kappa shape index (κ2) is 4.28. The van der Waals surface area contributed by atoms with Crippen LogP contribution >= 0.6 is 0 Å². The average molecular weight is 247 g/mol. The molecule has 1 N–H and O–H groups in total. The van der Waals surface area contributed by atoms with Gasteiger partial charge in [-0.1, -0.05) is 0 Å². The number of anilines is 1. The Kier molecular flexibility index (Phi) is 2.74. The topological polar surface area (TPSA) is 49.8 Å². The number of aliphatic hydroxyl groups excluding tert-OH is 1. The van der Waals surface area contributed by atoms with Gasteiger partial charge in [-0.2, -0.15) is 0 Å². The monoisotopic (exact) mass is 247 g/mol. The predicted octanol–water partition coefficient (Wildman–Crippen LogP) is 1.57. The van der Waals surface area contributed by atoms with Crippen LogP contribution in [0.2, 0.25) is 0 Å². The Morgan fingerprint density at radius 1 is 1.28 bits per heavy atom. The van der Waals surface area contributed by atoms with E-state index in [9.17, 15) is 9.90 Å². The maximum absolute atomic E-state index is 12.3. The van der Waals surface area contributed by atoms with Gasteiger partial charge in [0, 0.05) is 11.6 Å². The van der Waals surface area contributed by atoms with E-state index in [1.165, 1.54) is 0 Å². The van der Waals surface area contributed by atoms with Gasteiger partial charge in [-0.3, -0.25) is 4.79 Å². The lowest BCUT2D eigenvalue weighted by atomic mass is 9.88. The molecule has 0 radical (unpaired) electrons. The van der Waals surface area contributed by atoms with E-state index in [-0.39, 0.29) is 17.9 Å². The lowest BCUT2D eigenvalue weighted by molar-refractivity contribution is -0.120. The minimum absolute atomic E-state index is 0.0513. The van der Waals surface area contributed by atoms with Gasteiger partial charge in [0.25, 0.3) is 0 Å². The molecule has 3 atom stereocenters. The van der Waals surface area contributed by atoms with E-state index in [0.717, 1.165) is 30.7 Å². The fraction of sp³-hybridized carbons (Fsp3) is 0.500. The molecule has 1 aliphatic heterocycles. The van der Waals surface area contributed by atoms with Crippen molar-refractivity contribution < 1.29 is 14.6 Å². The number of carbonyl (C=O) groups is 1. The highest BCUT2D eigenvalue weighted by Gasteiger charge is 2.46. The number of nitrogens with zero attached hydrogens (tertiary/aromatic N) is 1. The normalized spacial score (nSPS) is 30.7. The molecule has 1 amide bonds. The molecular weight excluding hydrogens is 230 g/mol. The molecule has 18 heavy (non-hydrogen) atoms. The van der Waals surface area contributed by atoms with E-state index in [0.29, 0.717) is 0 Å². The number of hydrogen-bond donors (Lipinski definition) is 1. The lowest BCUT2D eigenvalue weighted by Gasteiger charge is -2.29. The molecule has 2 bridgehead atoms. The van der Waals surface area contributed by atoms with Crippen molar-refractivity contribution in [3.8, 4) is 5.75 Å². The number of benzene rings is 1. The van der Waals surface area contributed by atoms with Crippen LogP contribution in [0.1, 0.15) is 19.3 Å². The van der Waals surface area contributed by atoms with Crippen molar-refractivity contribution in [2.24, 2.45) is 5.92 Å². The van der Waals surface area contributed by atoms with Crippen LogP contribution in [0.3, 0.4) is 0 Å². The molecular formula is C14H17NO3. The third kappa shape index (κ3) is 1.68. The van der Waals surface area contributed by atoms with E-state index in [1.54, 1.807) is 12.0 Å². The zero-order valence-electron chi connectivity index (χ0n) is 10.4. The summed E-state index contributed by atoms with van der Waals surface area (Å²) in [5.41, 5.74) is 0.856. The van der Waals surface area contributed by atoms with Crippen LogP contribution in [0.5, 0.6) is 5.75 Å². The summed E-state index contributed by atoms with van der Waals surface area (Å²) in [5, 5.41) is 10.0. The zero-order chi connectivity index (χ0) is 12.7. The summed E-state index contributed by atoms with van der Waals surface area (Å²) in [6, 6.07) is 7.40. The Hall–Kier alpha value is -1.55. The summed E-state index contributed by atoms with van der Waals surface area (Å²) >= 11 is 0. The van der Waals surface area contributed by atoms with Gasteiger partial charge in [0.2, 0.25) is 5.91 Å². The van der Waals surface area contributed by atoms with Gasteiger partial charge in [-0.05, 0) is 43.5 Å². The van der Waals surface area contributed by atoms with Crippen LogP contribution in [-0.4, -0.2) is 30.3 Å². The molecule has 1 heterocycles. The Balaban J connectivity index is 1.92. The highest BCUT2D eigenvalue weighted by Crippen LogP contribution is 2.39. The maximum Gasteiger partial charge on any atom is 0.230 e. The van der Waals surface area contributed by atoms with Crippen LogP contribution in [0.15, 0.2) is 24.3 Å². The summed E-state index contributed by atoms with van der Waals surface area (Å²) < 4.78 is 5.11. The van der Waals surface area contributed by atoms with Gasteiger partial charge in [0.05, 0.1) is 19.3 Å². The van der Waals surface area contributed by atoms with Gasteiger partial charge >= 0.3 is 0 Å². The van der Waals surface area contributed by atoms with Crippen LogP contribution in [0.25, 0.3) is 0 Å². The smallest absolute Gasteiger partial charge is 0.230 e. The molecule has 3 rings (SSSR count). The second-order valence-electron chi connectivity index (χ2n) is 5.05. The van der Waals surface area contributed by atoms with Crippen LogP contribution < -0.4 is 9.64 Å². The highest BCUT2D eigenvalue weighted by molar-refractivity contribution is 5.98. The summed E-state index contributed by atoms with van der Waals surface area (Å²) in [6.45, 7) is 0. The molecule has 1 aliphatic carbocycles. The van der Waals surface area contributed by atoms with E-state index in [2.05, 4.69) is 0 Å². The van der Waals surface area contributed by atoms with E-state index in [4.69, 9.17) is 4.74 Å². The molecule has 4 heteroatoms. The Bertz CT molecular complexity index is 457. The SMILES string of the molecule is COc1ccc(N2C(=O)C3CCC(O)C2C3)cc1. The third-order valence-corrected chi connectivity index (χ3v) is 4.05. The van der Waals surface area contributed by atoms with Crippen LogP contribution in [0, 0.1) is 5.92 Å². The number of ether oxygens (including phenoxy) is 1. The van der Waals surface area contributed by atoms with E-state index in [1.807, 2.05) is 24.3 Å². The number of amides is 1. The van der Waals surface area contributed by atoms with Gasteiger partial charge in [-0.25, -0.2) is 0 Å². The Morgan fingerprint density at radius 3 is 2.67 bits per heavy atom. The first-order chi connectivity index (χ1) is 8.70. The van der Waals surface area contributed by atoms with Gasteiger partial charge < -0.3 is 14.7 Å². The molecule has 0 aromatic heterocycles. The first kappa shape index (κ1) is 11.5. The van der Waals surface area contributed by atoms with Crippen molar-refractivity contribution in [1.82, 2.24) is 0 Å². The van der Waals surface area contributed by atoms with Crippen molar-refractivity contribution in [3.63, 3.8) is 0 Å². The zero-order valence-corrected chi connectivity index (χ0v) is 10.4. The minimum atomic E-state index is -0.394. The summed E-state index contributed by atoms with van der Waals surface area (Å²) in [4.78, 5) is 14.0. The molecule has 1 saturated carbocycles. The number of fused-ring (bicyclic) bond motifs is 2. The molecule has 1 aromatic carbocycles. The molecule has 0 spiro atoms. The fourth-order valence-corrected chi connectivity index (χ4v) is 3.05. The quantitative estimate of drug-likeness (QED) is 0.863. The van der Waals surface area contributed by atoms with E-state index < -0.39 is 6.10 Å². The number of aliphatic hydroxyl groups is 1. The van der Waals surface area contributed by atoms with Gasteiger partial charge in [0.1, 0.15) is 5.75 Å².